The Labute approximate surface area is 98.3 Å². The zero-order chi connectivity index (χ0) is 12.3. The van der Waals surface area contributed by atoms with E-state index in [1.54, 1.807) is 24.3 Å². The summed E-state index contributed by atoms with van der Waals surface area (Å²) in [5.41, 5.74) is 0.579. The van der Waals surface area contributed by atoms with Crippen molar-refractivity contribution >= 4 is 0 Å². The molecule has 0 fully saturated rings. The van der Waals surface area contributed by atoms with Crippen molar-refractivity contribution < 1.29 is 20.1 Å². The van der Waals surface area contributed by atoms with Crippen LogP contribution < -0.4 is 4.74 Å². The van der Waals surface area contributed by atoms with E-state index >= 15 is 0 Å². The van der Waals surface area contributed by atoms with Gasteiger partial charge in [-0.3, -0.25) is 0 Å². The lowest BCUT2D eigenvalue weighted by molar-refractivity contribution is 0.268. The number of phenols is 3. The topological polar surface area (TPSA) is 69.9 Å². The summed E-state index contributed by atoms with van der Waals surface area (Å²) in [4.78, 5) is 0. The number of benzene rings is 2. The maximum Gasteiger partial charge on any atom is 0.203 e. The molecule has 0 aliphatic heterocycles. The van der Waals surface area contributed by atoms with E-state index in [4.69, 9.17) is 4.74 Å². The molecule has 0 aliphatic carbocycles. The van der Waals surface area contributed by atoms with E-state index in [1.807, 2.05) is 0 Å². The second-order valence-electron chi connectivity index (χ2n) is 3.54. The maximum atomic E-state index is 9.52. The van der Waals surface area contributed by atoms with Crippen LogP contribution in [0.1, 0.15) is 5.56 Å². The molecule has 0 unspecified atom stereocenters. The summed E-state index contributed by atoms with van der Waals surface area (Å²) in [5, 5.41) is 28.5. The third-order valence-electron chi connectivity index (χ3n) is 2.34. The van der Waals surface area contributed by atoms with Gasteiger partial charge in [0.05, 0.1) is 0 Å². The molecule has 0 aliphatic rings. The van der Waals surface area contributed by atoms with Crippen LogP contribution in [-0.4, -0.2) is 15.3 Å². The maximum absolute atomic E-state index is 9.52. The summed E-state index contributed by atoms with van der Waals surface area (Å²) in [6.45, 7) is 0.0673. The first-order valence-electron chi connectivity index (χ1n) is 5.09. The van der Waals surface area contributed by atoms with Crippen LogP contribution in [0.15, 0.2) is 42.5 Å². The fourth-order valence-electron chi connectivity index (χ4n) is 1.44. The van der Waals surface area contributed by atoms with Gasteiger partial charge in [0.25, 0.3) is 0 Å². The van der Waals surface area contributed by atoms with Gasteiger partial charge in [0.1, 0.15) is 12.4 Å². The SMILES string of the molecule is Oc1ccccc1COc1c(O)cccc1O. The summed E-state index contributed by atoms with van der Waals surface area (Å²) in [5.74, 6) is -0.154. The number of ether oxygens (including phenoxy) is 1. The average Bonchev–Trinajstić information content (AvgIpc) is 2.30. The van der Waals surface area contributed by atoms with Gasteiger partial charge in [0.2, 0.25) is 5.75 Å². The minimum atomic E-state index is -0.138. The molecule has 0 amide bonds. The third kappa shape index (κ3) is 2.42. The molecule has 88 valence electrons. The van der Waals surface area contributed by atoms with Crippen LogP contribution in [0.2, 0.25) is 0 Å². The van der Waals surface area contributed by atoms with Crippen LogP contribution in [0.5, 0.6) is 23.0 Å². The summed E-state index contributed by atoms with van der Waals surface area (Å²) in [7, 11) is 0. The zero-order valence-electron chi connectivity index (χ0n) is 9.00. The Balaban J connectivity index is 2.16. The molecule has 0 aromatic heterocycles. The Morgan fingerprint density at radius 2 is 1.35 bits per heavy atom. The second kappa shape index (κ2) is 4.65. The van der Waals surface area contributed by atoms with Crippen molar-refractivity contribution in [2.45, 2.75) is 6.61 Å². The highest BCUT2D eigenvalue weighted by Gasteiger charge is 2.09. The molecular weight excluding hydrogens is 220 g/mol. The van der Waals surface area contributed by atoms with E-state index < -0.39 is 0 Å². The fraction of sp³-hybridized carbons (Fsp3) is 0.0769. The van der Waals surface area contributed by atoms with Crippen molar-refractivity contribution in [3.8, 4) is 23.0 Å². The standard InChI is InChI=1S/C13H12O4/c14-10-5-2-1-4-9(10)8-17-13-11(15)6-3-7-12(13)16/h1-7,14-16H,8H2. The lowest BCUT2D eigenvalue weighted by atomic mass is 10.2. The number of hydrogen-bond acceptors (Lipinski definition) is 4. The second-order valence-corrected chi connectivity index (χ2v) is 3.54. The smallest absolute Gasteiger partial charge is 0.203 e. The Bertz CT molecular complexity index is 502. The van der Waals surface area contributed by atoms with Crippen molar-refractivity contribution in [1.29, 1.82) is 0 Å². The van der Waals surface area contributed by atoms with Crippen LogP contribution in [0, 0.1) is 0 Å². The van der Waals surface area contributed by atoms with E-state index in [0.717, 1.165) is 0 Å². The van der Waals surface area contributed by atoms with Gasteiger partial charge >= 0.3 is 0 Å². The first-order chi connectivity index (χ1) is 8.18. The van der Waals surface area contributed by atoms with E-state index in [0.29, 0.717) is 5.56 Å². The number of aromatic hydroxyl groups is 3. The molecule has 4 nitrogen and oxygen atoms in total. The molecule has 0 atom stereocenters. The van der Waals surface area contributed by atoms with E-state index in [2.05, 4.69) is 0 Å². The minimum absolute atomic E-state index is 0.00996. The number of hydrogen-bond donors (Lipinski definition) is 3. The van der Waals surface area contributed by atoms with Crippen LogP contribution in [0.3, 0.4) is 0 Å². The molecule has 17 heavy (non-hydrogen) atoms. The molecule has 0 radical (unpaired) electrons. The predicted molar refractivity (Wildman–Crippen MR) is 62.2 cm³/mol. The van der Waals surface area contributed by atoms with Crippen LogP contribution in [0.4, 0.5) is 0 Å². The van der Waals surface area contributed by atoms with Crippen molar-refractivity contribution in [3.05, 3.63) is 48.0 Å². The molecule has 2 aromatic carbocycles. The van der Waals surface area contributed by atoms with Crippen molar-refractivity contribution in [3.63, 3.8) is 0 Å². The largest absolute Gasteiger partial charge is 0.508 e. The molecule has 0 bridgehead atoms. The first kappa shape index (κ1) is 11.1. The lowest BCUT2D eigenvalue weighted by Gasteiger charge is -2.10. The van der Waals surface area contributed by atoms with Gasteiger partial charge in [-0.1, -0.05) is 24.3 Å². The minimum Gasteiger partial charge on any atom is -0.508 e. The van der Waals surface area contributed by atoms with Gasteiger partial charge in [-0.2, -0.15) is 0 Å². The Morgan fingerprint density at radius 3 is 2.00 bits per heavy atom. The van der Waals surface area contributed by atoms with Gasteiger partial charge in [-0.15, -0.1) is 0 Å². The summed E-state index contributed by atoms with van der Waals surface area (Å²) < 4.78 is 5.27. The first-order valence-corrected chi connectivity index (χ1v) is 5.09. The lowest BCUT2D eigenvalue weighted by Crippen LogP contribution is -1.96. The highest BCUT2D eigenvalue weighted by atomic mass is 16.5. The molecule has 3 N–H and O–H groups in total. The van der Waals surface area contributed by atoms with E-state index in [1.165, 1.54) is 18.2 Å². The highest BCUT2D eigenvalue weighted by molar-refractivity contribution is 5.49. The van der Waals surface area contributed by atoms with Crippen LogP contribution >= 0.6 is 0 Å². The summed E-state index contributed by atoms with van der Waals surface area (Å²) in [6.07, 6.45) is 0. The monoisotopic (exact) mass is 232 g/mol. The quantitative estimate of drug-likeness (QED) is 0.759. The molecule has 2 aromatic rings. The molecular formula is C13H12O4. The predicted octanol–water partition coefficient (Wildman–Crippen LogP) is 2.38. The summed E-state index contributed by atoms with van der Waals surface area (Å²) >= 11 is 0. The number of para-hydroxylation sites is 2. The van der Waals surface area contributed by atoms with Crippen LogP contribution in [0.25, 0.3) is 0 Å². The van der Waals surface area contributed by atoms with E-state index in [-0.39, 0.29) is 29.6 Å². The van der Waals surface area contributed by atoms with Crippen molar-refractivity contribution in [2.75, 3.05) is 0 Å². The van der Waals surface area contributed by atoms with Crippen molar-refractivity contribution in [1.82, 2.24) is 0 Å². The molecule has 0 spiro atoms. The molecule has 0 saturated carbocycles. The Kier molecular flexibility index (Phi) is 3.05. The fourth-order valence-corrected chi connectivity index (χ4v) is 1.44. The van der Waals surface area contributed by atoms with Gasteiger partial charge in [-0.25, -0.2) is 0 Å². The summed E-state index contributed by atoms with van der Waals surface area (Å²) in [6, 6.07) is 11.1. The van der Waals surface area contributed by atoms with Crippen LogP contribution in [-0.2, 0) is 6.61 Å². The highest BCUT2D eigenvalue weighted by Crippen LogP contribution is 2.35. The molecule has 0 heterocycles. The average molecular weight is 232 g/mol. The van der Waals surface area contributed by atoms with Gasteiger partial charge in [-0.05, 0) is 18.2 Å². The van der Waals surface area contributed by atoms with E-state index in [9.17, 15) is 15.3 Å². The number of phenolic OH excluding ortho intramolecular Hbond substituents is 3. The van der Waals surface area contributed by atoms with Gasteiger partial charge < -0.3 is 20.1 Å². The zero-order valence-corrected chi connectivity index (χ0v) is 9.00. The molecule has 0 saturated heterocycles. The van der Waals surface area contributed by atoms with Gasteiger partial charge in [0.15, 0.2) is 11.5 Å². The molecule has 2 rings (SSSR count). The molecule has 4 heteroatoms. The normalized spacial score (nSPS) is 10.1. The van der Waals surface area contributed by atoms with Crippen molar-refractivity contribution in [2.24, 2.45) is 0 Å². The van der Waals surface area contributed by atoms with Gasteiger partial charge in [0, 0.05) is 5.56 Å². The third-order valence-corrected chi connectivity index (χ3v) is 2.34. The Morgan fingerprint density at radius 1 is 0.765 bits per heavy atom. The number of rotatable bonds is 3. The Hall–Kier alpha value is -2.36.